The predicted octanol–water partition coefficient (Wildman–Crippen LogP) is 3.65. The molecule has 0 aliphatic carbocycles. The minimum Gasteiger partial charge on any atom is -0.340 e. The molecule has 2 aromatic carbocycles. The first kappa shape index (κ1) is 23.1. The third kappa shape index (κ3) is 6.16. The Labute approximate surface area is 180 Å². The average molecular weight is 453 g/mol. The number of nitro benzene ring substituents is 2. The fourth-order valence-corrected chi connectivity index (χ4v) is 3.12. The Bertz CT molecular complexity index is 987. The summed E-state index contributed by atoms with van der Waals surface area (Å²) in [5.41, 5.74) is -0.430. The molecule has 158 valence electrons. The first-order valence-electron chi connectivity index (χ1n) is 8.52. The summed E-state index contributed by atoms with van der Waals surface area (Å²) in [5, 5.41) is 26.9. The number of hydrogen-bond donors (Lipinski definition) is 2. The molecule has 2 amide bonds. The van der Waals surface area contributed by atoms with Crippen molar-refractivity contribution in [2.75, 3.05) is 17.3 Å². The second kappa shape index (κ2) is 10.6. The molecule has 30 heavy (non-hydrogen) atoms. The van der Waals surface area contributed by atoms with Gasteiger partial charge in [-0.15, -0.1) is 0 Å². The molecule has 0 saturated carbocycles. The summed E-state index contributed by atoms with van der Waals surface area (Å²) in [5.74, 6) is -0.704. The maximum atomic E-state index is 12.7. The molecule has 0 heterocycles. The van der Waals surface area contributed by atoms with E-state index in [0.717, 1.165) is 6.07 Å². The number of hydrogen-bond acceptors (Lipinski definition) is 7. The van der Waals surface area contributed by atoms with E-state index in [1.807, 2.05) is 6.26 Å². The van der Waals surface area contributed by atoms with Crippen molar-refractivity contribution in [1.82, 2.24) is 5.32 Å². The van der Waals surface area contributed by atoms with Gasteiger partial charge in [0, 0.05) is 29.4 Å². The van der Waals surface area contributed by atoms with Crippen molar-refractivity contribution in [3.05, 3.63) is 73.3 Å². The van der Waals surface area contributed by atoms with Crippen molar-refractivity contribution < 1.29 is 19.4 Å². The van der Waals surface area contributed by atoms with E-state index in [-0.39, 0.29) is 28.4 Å². The molecule has 2 aromatic rings. The quantitative estimate of drug-likeness (QED) is 0.436. The number of amides is 2. The van der Waals surface area contributed by atoms with Crippen LogP contribution in [0, 0.1) is 20.2 Å². The molecule has 0 radical (unpaired) electrons. The van der Waals surface area contributed by atoms with Crippen LogP contribution in [0.25, 0.3) is 0 Å². The predicted molar refractivity (Wildman–Crippen MR) is 114 cm³/mol. The van der Waals surface area contributed by atoms with Gasteiger partial charge in [-0.2, -0.15) is 11.8 Å². The highest BCUT2D eigenvalue weighted by atomic mass is 35.5. The highest BCUT2D eigenvalue weighted by Gasteiger charge is 2.23. The lowest BCUT2D eigenvalue weighted by Gasteiger charge is -2.18. The topological polar surface area (TPSA) is 144 Å². The van der Waals surface area contributed by atoms with Crippen LogP contribution in [0.3, 0.4) is 0 Å². The lowest BCUT2D eigenvalue weighted by atomic mass is 10.1. The summed E-state index contributed by atoms with van der Waals surface area (Å²) in [6, 6.07) is 8.02. The first-order chi connectivity index (χ1) is 14.2. The Morgan fingerprint density at radius 3 is 2.50 bits per heavy atom. The van der Waals surface area contributed by atoms with Gasteiger partial charge in [-0.1, -0.05) is 17.7 Å². The molecular formula is C18H17ClN4O6S. The van der Waals surface area contributed by atoms with Crippen LogP contribution in [0.5, 0.6) is 0 Å². The maximum absolute atomic E-state index is 12.7. The number of carbonyl (C=O) groups is 2. The van der Waals surface area contributed by atoms with Crippen LogP contribution in [0.1, 0.15) is 16.8 Å². The maximum Gasteiger partial charge on any atom is 0.288 e. The first-order valence-corrected chi connectivity index (χ1v) is 10.3. The number of halogens is 1. The van der Waals surface area contributed by atoms with Crippen LogP contribution in [0.2, 0.25) is 5.02 Å². The fraction of sp³-hybridized carbons (Fsp3) is 0.222. The van der Waals surface area contributed by atoms with Gasteiger partial charge in [-0.05, 0) is 36.6 Å². The van der Waals surface area contributed by atoms with Gasteiger partial charge in [0.2, 0.25) is 5.91 Å². The smallest absolute Gasteiger partial charge is 0.288 e. The van der Waals surface area contributed by atoms with E-state index in [4.69, 9.17) is 11.6 Å². The summed E-state index contributed by atoms with van der Waals surface area (Å²) < 4.78 is 0. The highest BCUT2D eigenvalue weighted by Crippen LogP contribution is 2.25. The average Bonchev–Trinajstić information content (AvgIpc) is 2.71. The number of benzene rings is 2. The van der Waals surface area contributed by atoms with Gasteiger partial charge in [-0.3, -0.25) is 29.8 Å². The Kier molecular flexibility index (Phi) is 8.13. The van der Waals surface area contributed by atoms with Gasteiger partial charge in [-0.25, -0.2) is 0 Å². The van der Waals surface area contributed by atoms with E-state index in [1.165, 1.54) is 48.2 Å². The van der Waals surface area contributed by atoms with E-state index in [9.17, 15) is 29.8 Å². The van der Waals surface area contributed by atoms with Crippen LogP contribution >= 0.6 is 23.4 Å². The number of nitrogens with zero attached hydrogens (tertiary/aromatic N) is 2. The Morgan fingerprint density at radius 2 is 1.87 bits per heavy atom. The molecule has 0 fully saturated rings. The van der Waals surface area contributed by atoms with E-state index < -0.39 is 33.4 Å². The lowest BCUT2D eigenvalue weighted by Crippen LogP contribution is -2.44. The monoisotopic (exact) mass is 452 g/mol. The van der Waals surface area contributed by atoms with Crippen LogP contribution < -0.4 is 10.6 Å². The number of rotatable bonds is 9. The fourth-order valence-electron chi connectivity index (χ4n) is 2.47. The van der Waals surface area contributed by atoms with E-state index in [2.05, 4.69) is 10.6 Å². The zero-order valence-electron chi connectivity index (χ0n) is 15.7. The van der Waals surface area contributed by atoms with Crippen molar-refractivity contribution in [2.24, 2.45) is 0 Å². The van der Waals surface area contributed by atoms with Crippen molar-refractivity contribution >= 4 is 52.2 Å². The standard InChI is InChI=1S/C18H17ClN4O6S/c1-30-8-7-15(18(25)20-12-3-2-4-13(10-12)22(26)27)21-17(24)11-5-6-14(19)16(9-11)23(28)29/h2-6,9-10,15H,7-8H2,1H3,(H,20,25)(H,21,24). The molecule has 1 unspecified atom stereocenters. The molecule has 1 atom stereocenters. The van der Waals surface area contributed by atoms with E-state index >= 15 is 0 Å². The molecular weight excluding hydrogens is 436 g/mol. The van der Waals surface area contributed by atoms with Crippen LogP contribution in [0.15, 0.2) is 42.5 Å². The van der Waals surface area contributed by atoms with Gasteiger partial charge >= 0.3 is 0 Å². The summed E-state index contributed by atoms with van der Waals surface area (Å²) in [6.07, 6.45) is 2.11. The second-order valence-electron chi connectivity index (χ2n) is 6.03. The lowest BCUT2D eigenvalue weighted by molar-refractivity contribution is -0.384. The summed E-state index contributed by atoms with van der Waals surface area (Å²) in [7, 11) is 0. The largest absolute Gasteiger partial charge is 0.340 e. The molecule has 0 bridgehead atoms. The van der Waals surface area contributed by atoms with Crippen LogP contribution in [-0.2, 0) is 4.79 Å². The van der Waals surface area contributed by atoms with Gasteiger partial charge in [0.25, 0.3) is 17.3 Å². The Hall–Kier alpha value is -3.18. The van der Waals surface area contributed by atoms with Crippen LogP contribution in [0.4, 0.5) is 17.1 Å². The summed E-state index contributed by atoms with van der Waals surface area (Å²) in [6.45, 7) is 0. The molecule has 2 N–H and O–H groups in total. The number of nitrogens with one attached hydrogen (secondary N) is 2. The van der Waals surface area contributed by atoms with Gasteiger partial charge in [0.1, 0.15) is 11.1 Å². The van der Waals surface area contributed by atoms with E-state index in [1.54, 1.807) is 0 Å². The van der Waals surface area contributed by atoms with Crippen molar-refractivity contribution in [2.45, 2.75) is 12.5 Å². The number of nitro groups is 2. The third-order valence-electron chi connectivity index (χ3n) is 3.96. The Morgan fingerprint density at radius 1 is 1.13 bits per heavy atom. The molecule has 2 rings (SSSR count). The van der Waals surface area contributed by atoms with Crippen LogP contribution in [-0.4, -0.2) is 39.7 Å². The number of thioether (sulfide) groups is 1. The Balaban J connectivity index is 2.18. The van der Waals surface area contributed by atoms with Gasteiger partial charge < -0.3 is 10.6 Å². The molecule has 0 aliphatic heterocycles. The second-order valence-corrected chi connectivity index (χ2v) is 7.42. The summed E-state index contributed by atoms with van der Waals surface area (Å²) >= 11 is 7.22. The third-order valence-corrected chi connectivity index (χ3v) is 4.93. The number of anilines is 1. The molecule has 0 aromatic heterocycles. The molecule has 0 spiro atoms. The van der Waals surface area contributed by atoms with Crippen molar-refractivity contribution in [1.29, 1.82) is 0 Å². The zero-order valence-corrected chi connectivity index (χ0v) is 17.2. The highest BCUT2D eigenvalue weighted by molar-refractivity contribution is 7.98. The SMILES string of the molecule is CSCCC(NC(=O)c1ccc(Cl)c([N+](=O)[O-])c1)C(=O)Nc1cccc([N+](=O)[O-])c1. The molecule has 0 aliphatic rings. The van der Waals surface area contributed by atoms with E-state index in [0.29, 0.717) is 5.75 Å². The minimum atomic E-state index is -0.959. The normalized spacial score (nSPS) is 11.4. The minimum absolute atomic E-state index is 0.0246. The summed E-state index contributed by atoms with van der Waals surface area (Å²) in [4.78, 5) is 45.8. The van der Waals surface area contributed by atoms with Crippen molar-refractivity contribution in [3.63, 3.8) is 0 Å². The number of carbonyl (C=O) groups excluding carboxylic acids is 2. The molecule has 10 nitrogen and oxygen atoms in total. The van der Waals surface area contributed by atoms with Gasteiger partial charge in [0.15, 0.2) is 0 Å². The molecule has 12 heteroatoms. The van der Waals surface area contributed by atoms with Crippen molar-refractivity contribution in [3.8, 4) is 0 Å². The molecule has 0 saturated heterocycles. The number of non-ortho nitro benzene ring substituents is 1. The zero-order chi connectivity index (χ0) is 22.3. The van der Waals surface area contributed by atoms with Gasteiger partial charge in [0.05, 0.1) is 9.85 Å².